The van der Waals surface area contributed by atoms with E-state index in [1.54, 1.807) is 6.92 Å². The van der Waals surface area contributed by atoms with E-state index in [1.807, 2.05) is 6.92 Å². The minimum Gasteiger partial charge on any atom is -0.294 e. The summed E-state index contributed by atoms with van der Waals surface area (Å²) in [5.74, 6) is 0.394. The van der Waals surface area contributed by atoms with Gasteiger partial charge in [0.05, 0.1) is 0 Å². The highest BCUT2D eigenvalue weighted by atomic mass is 16.1. The van der Waals surface area contributed by atoms with Gasteiger partial charge in [-0.15, -0.1) is 0 Å². The van der Waals surface area contributed by atoms with Crippen molar-refractivity contribution in [2.75, 3.05) is 0 Å². The van der Waals surface area contributed by atoms with Crippen LogP contribution in [0.1, 0.15) is 40.0 Å². The molecule has 1 nitrogen and oxygen atoms in total. The van der Waals surface area contributed by atoms with E-state index in [-0.39, 0.29) is 11.7 Å². The Morgan fingerprint density at radius 1 is 1.55 bits per heavy atom. The summed E-state index contributed by atoms with van der Waals surface area (Å²) >= 11 is 0. The summed E-state index contributed by atoms with van der Waals surface area (Å²) in [6.07, 6.45) is 3.30. The Labute approximate surface area is 69.5 Å². The molecule has 0 fully saturated rings. The molecular weight excluding hydrogens is 136 g/mol. The van der Waals surface area contributed by atoms with Gasteiger partial charge in [-0.25, -0.2) is 0 Å². The summed E-state index contributed by atoms with van der Waals surface area (Å²) in [6, 6.07) is 0. The molecule has 0 aromatic carbocycles. The van der Waals surface area contributed by atoms with Crippen molar-refractivity contribution in [1.29, 1.82) is 0 Å². The van der Waals surface area contributed by atoms with Crippen molar-refractivity contribution in [2.45, 2.75) is 40.0 Å². The van der Waals surface area contributed by atoms with E-state index in [4.69, 9.17) is 0 Å². The van der Waals surface area contributed by atoms with Gasteiger partial charge < -0.3 is 0 Å². The third-order valence-corrected chi connectivity index (χ3v) is 1.86. The Balaban J connectivity index is 3.73. The van der Waals surface area contributed by atoms with Crippen LogP contribution >= 0.6 is 0 Å². The smallest absolute Gasteiger partial charge is 0.160 e. The minimum atomic E-state index is 0.174. The van der Waals surface area contributed by atoms with Gasteiger partial charge in [0.25, 0.3) is 0 Å². The van der Waals surface area contributed by atoms with Gasteiger partial charge >= 0.3 is 0 Å². The van der Waals surface area contributed by atoms with Crippen molar-refractivity contribution in [2.24, 2.45) is 5.92 Å². The Morgan fingerprint density at radius 3 is 2.45 bits per heavy atom. The number of allylic oxidation sites excluding steroid dienone is 1. The monoisotopic (exact) mass is 154 g/mol. The van der Waals surface area contributed by atoms with Crippen molar-refractivity contribution in [3.05, 3.63) is 12.2 Å². The molecule has 0 aliphatic heterocycles. The number of rotatable bonds is 5. The molecule has 0 spiro atoms. The highest BCUT2D eigenvalue weighted by Crippen LogP contribution is 2.11. The zero-order valence-electron chi connectivity index (χ0n) is 7.81. The second-order valence-corrected chi connectivity index (χ2v) is 3.19. The van der Waals surface area contributed by atoms with Gasteiger partial charge in [-0.2, -0.15) is 0 Å². The molecule has 0 radical (unpaired) electrons. The Bertz CT molecular complexity index is 147. The summed E-state index contributed by atoms with van der Waals surface area (Å²) in [5.41, 5.74) is 0.689. The van der Waals surface area contributed by atoms with Gasteiger partial charge in [-0.3, -0.25) is 4.79 Å². The molecular formula is C10H18O. The van der Waals surface area contributed by atoms with E-state index in [0.717, 1.165) is 19.3 Å². The van der Waals surface area contributed by atoms with Crippen molar-refractivity contribution in [3.8, 4) is 0 Å². The van der Waals surface area contributed by atoms with Crippen LogP contribution in [-0.2, 0) is 4.79 Å². The Kier molecular flexibility index (Phi) is 4.84. The maximum atomic E-state index is 11.2. The lowest BCUT2D eigenvalue weighted by Gasteiger charge is -2.08. The molecule has 0 aromatic heterocycles. The second-order valence-electron chi connectivity index (χ2n) is 3.19. The Morgan fingerprint density at radius 2 is 2.09 bits per heavy atom. The molecule has 0 amide bonds. The molecule has 0 bridgehead atoms. The van der Waals surface area contributed by atoms with Crippen LogP contribution in [0.15, 0.2) is 12.2 Å². The third-order valence-electron chi connectivity index (χ3n) is 1.86. The molecule has 0 aromatic rings. The molecule has 0 aliphatic carbocycles. The maximum Gasteiger partial charge on any atom is 0.160 e. The van der Waals surface area contributed by atoms with Crippen LogP contribution in [0.4, 0.5) is 0 Å². The molecule has 0 rings (SSSR count). The van der Waals surface area contributed by atoms with E-state index in [2.05, 4.69) is 13.5 Å². The van der Waals surface area contributed by atoms with Gasteiger partial charge in [0.1, 0.15) is 0 Å². The summed E-state index contributed by atoms with van der Waals surface area (Å²) in [7, 11) is 0. The molecule has 1 unspecified atom stereocenters. The predicted octanol–water partition coefficient (Wildman–Crippen LogP) is 2.96. The molecule has 0 saturated carbocycles. The largest absolute Gasteiger partial charge is 0.294 e. The zero-order valence-corrected chi connectivity index (χ0v) is 7.81. The predicted molar refractivity (Wildman–Crippen MR) is 48.5 cm³/mol. The van der Waals surface area contributed by atoms with E-state index in [9.17, 15) is 4.79 Å². The summed E-state index contributed by atoms with van der Waals surface area (Å²) in [5, 5.41) is 0. The Hall–Kier alpha value is -0.590. The number of Topliss-reactive ketones (excluding diaryl/α,β-unsaturated/α-hetero) is 1. The topological polar surface area (TPSA) is 17.1 Å². The van der Waals surface area contributed by atoms with Crippen LogP contribution < -0.4 is 0 Å². The van der Waals surface area contributed by atoms with Gasteiger partial charge in [0.2, 0.25) is 0 Å². The van der Waals surface area contributed by atoms with Gasteiger partial charge in [0.15, 0.2) is 5.78 Å². The molecule has 64 valence electrons. The lowest BCUT2D eigenvalue weighted by atomic mass is 9.96. The molecule has 11 heavy (non-hydrogen) atoms. The number of hydrogen-bond donors (Lipinski definition) is 0. The molecule has 1 atom stereocenters. The third kappa shape index (κ3) is 3.97. The van der Waals surface area contributed by atoms with Crippen LogP contribution in [0.25, 0.3) is 0 Å². The molecule has 0 N–H and O–H groups in total. The lowest BCUT2D eigenvalue weighted by Crippen LogP contribution is -2.10. The number of unbranched alkanes of at least 4 members (excludes halogenated alkanes) is 1. The van der Waals surface area contributed by atoms with E-state index >= 15 is 0 Å². The standard InChI is InChI=1S/C10H18O/c1-5-6-7-9(4)10(11)8(2)3/h9H,2,5-7H2,1,3-4H3. The fourth-order valence-electron chi connectivity index (χ4n) is 1.06. The minimum absolute atomic E-state index is 0.174. The van der Waals surface area contributed by atoms with Crippen LogP contribution in [0.2, 0.25) is 0 Å². The van der Waals surface area contributed by atoms with Crippen LogP contribution in [0.5, 0.6) is 0 Å². The quantitative estimate of drug-likeness (QED) is 0.556. The van der Waals surface area contributed by atoms with Crippen LogP contribution in [0, 0.1) is 5.92 Å². The number of carbonyl (C=O) groups excluding carboxylic acids is 1. The second kappa shape index (κ2) is 5.11. The first-order valence-corrected chi connectivity index (χ1v) is 4.29. The van der Waals surface area contributed by atoms with Crippen molar-refractivity contribution in [3.63, 3.8) is 0 Å². The summed E-state index contributed by atoms with van der Waals surface area (Å²) < 4.78 is 0. The molecule has 0 heterocycles. The average Bonchev–Trinajstić information content (AvgIpc) is 1.98. The highest BCUT2D eigenvalue weighted by Gasteiger charge is 2.11. The van der Waals surface area contributed by atoms with Crippen LogP contribution in [0.3, 0.4) is 0 Å². The van der Waals surface area contributed by atoms with Gasteiger partial charge in [-0.05, 0) is 18.9 Å². The van der Waals surface area contributed by atoms with E-state index < -0.39 is 0 Å². The average molecular weight is 154 g/mol. The highest BCUT2D eigenvalue weighted by molar-refractivity contribution is 5.95. The van der Waals surface area contributed by atoms with Crippen LogP contribution in [-0.4, -0.2) is 5.78 Å². The van der Waals surface area contributed by atoms with E-state index in [1.165, 1.54) is 0 Å². The first-order valence-electron chi connectivity index (χ1n) is 4.29. The van der Waals surface area contributed by atoms with Crippen molar-refractivity contribution in [1.82, 2.24) is 0 Å². The zero-order chi connectivity index (χ0) is 8.85. The number of hydrogen-bond acceptors (Lipinski definition) is 1. The van der Waals surface area contributed by atoms with Crippen molar-refractivity contribution < 1.29 is 4.79 Å². The van der Waals surface area contributed by atoms with E-state index in [0.29, 0.717) is 5.57 Å². The molecule has 0 aliphatic rings. The molecule has 0 saturated heterocycles. The number of carbonyl (C=O) groups is 1. The SMILES string of the molecule is C=C(C)C(=O)C(C)CCCC. The van der Waals surface area contributed by atoms with Gasteiger partial charge in [0, 0.05) is 5.92 Å². The number of ketones is 1. The fraction of sp³-hybridized carbons (Fsp3) is 0.700. The summed E-state index contributed by atoms with van der Waals surface area (Å²) in [6.45, 7) is 9.53. The van der Waals surface area contributed by atoms with Gasteiger partial charge in [-0.1, -0.05) is 33.3 Å². The summed E-state index contributed by atoms with van der Waals surface area (Å²) in [4.78, 5) is 11.2. The molecule has 1 heteroatoms. The fourth-order valence-corrected chi connectivity index (χ4v) is 1.06. The first-order chi connectivity index (χ1) is 5.09. The maximum absolute atomic E-state index is 11.2. The first kappa shape index (κ1) is 10.4. The lowest BCUT2D eigenvalue weighted by molar-refractivity contribution is -0.118. The van der Waals surface area contributed by atoms with Crippen molar-refractivity contribution >= 4 is 5.78 Å². The normalized spacial score (nSPS) is 12.6.